The monoisotopic (exact) mass is 305 g/mol. The van der Waals surface area contributed by atoms with Gasteiger partial charge in [-0.3, -0.25) is 14.4 Å². The quantitative estimate of drug-likeness (QED) is 0.693. The topological polar surface area (TPSA) is 87.3 Å². The first-order valence-corrected chi connectivity index (χ1v) is 7.37. The highest BCUT2D eigenvalue weighted by Crippen LogP contribution is 2.08. The molecular weight excluding hydrogens is 282 g/mol. The number of carbonyl (C=O) groups excluding carboxylic acids is 3. The Bertz CT molecular complexity index is 526. The van der Waals surface area contributed by atoms with Crippen molar-refractivity contribution in [2.24, 2.45) is 0 Å². The van der Waals surface area contributed by atoms with Gasteiger partial charge in [-0.25, -0.2) is 0 Å². The van der Waals surface area contributed by atoms with Crippen LogP contribution in [0.2, 0.25) is 0 Å². The van der Waals surface area contributed by atoms with Crippen molar-refractivity contribution in [3.05, 3.63) is 29.8 Å². The lowest BCUT2D eigenvalue weighted by Crippen LogP contribution is -2.39. The van der Waals surface area contributed by atoms with Crippen molar-refractivity contribution < 1.29 is 14.4 Å². The molecule has 1 aromatic carbocycles. The van der Waals surface area contributed by atoms with E-state index in [4.69, 9.17) is 0 Å². The minimum absolute atomic E-state index is 0.105. The van der Waals surface area contributed by atoms with Crippen molar-refractivity contribution in [2.75, 3.05) is 11.9 Å². The second kappa shape index (κ2) is 8.81. The second-order valence-corrected chi connectivity index (χ2v) is 5.20. The first-order chi connectivity index (χ1) is 10.4. The zero-order valence-electron chi connectivity index (χ0n) is 13.2. The zero-order chi connectivity index (χ0) is 16.5. The molecule has 0 aliphatic rings. The van der Waals surface area contributed by atoms with Gasteiger partial charge in [-0.05, 0) is 32.4 Å². The molecule has 1 atom stereocenters. The molecule has 0 bridgehead atoms. The van der Waals surface area contributed by atoms with Crippen LogP contribution < -0.4 is 16.0 Å². The Balaban J connectivity index is 2.31. The van der Waals surface area contributed by atoms with Gasteiger partial charge in [-0.2, -0.15) is 0 Å². The molecule has 0 aromatic heterocycles. The highest BCUT2D eigenvalue weighted by atomic mass is 16.2. The lowest BCUT2D eigenvalue weighted by atomic mass is 10.2. The first-order valence-electron chi connectivity index (χ1n) is 7.37. The summed E-state index contributed by atoms with van der Waals surface area (Å²) in [6.07, 6.45) is 0.991. The van der Waals surface area contributed by atoms with Crippen LogP contribution in [0.5, 0.6) is 0 Å². The molecular formula is C16H23N3O3. The van der Waals surface area contributed by atoms with Crippen molar-refractivity contribution >= 4 is 23.4 Å². The van der Waals surface area contributed by atoms with Crippen LogP contribution >= 0.6 is 0 Å². The van der Waals surface area contributed by atoms with E-state index >= 15 is 0 Å². The van der Waals surface area contributed by atoms with Crippen LogP contribution in [0.25, 0.3) is 0 Å². The number of rotatable bonds is 6. The van der Waals surface area contributed by atoms with E-state index in [0.717, 1.165) is 12.0 Å². The van der Waals surface area contributed by atoms with Gasteiger partial charge in [0.2, 0.25) is 5.91 Å². The number of hydrogen-bond donors (Lipinski definition) is 3. The highest BCUT2D eigenvalue weighted by molar-refractivity contribution is 6.39. The third-order valence-corrected chi connectivity index (χ3v) is 3.17. The van der Waals surface area contributed by atoms with E-state index in [0.29, 0.717) is 5.69 Å². The Morgan fingerprint density at radius 2 is 1.73 bits per heavy atom. The summed E-state index contributed by atoms with van der Waals surface area (Å²) in [7, 11) is 0. The van der Waals surface area contributed by atoms with E-state index in [9.17, 15) is 14.4 Å². The molecule has 1 aromatic rings. The molecule has 0 heterocycles. The van der Waals surface area contributed by atoms with Crippen LogP contribution in [0, 0.1) is 6.92 Å². The molecule has 0 aliphatic heterocycles. The normalized spacial score (nSPS) is 11.4. The van der Waals surface area contributed by atoms with Crippen molar-refractivity contribution in [3.63, 3.8) is 0 Å². The lowest BCUT2D eigenvalue weighted by molar-refractivity contribution is -0.136. The minimum Gasteiger partial charge on any atom is -0.354 e. The van der Waals surface area contributed by atoms with Gasteiger partial charge in [0.05, 0.1) is 0 Å². The van der Waals surface area contributed by atoms with E-state index in [1.165, 1.54) is 0 Å². The van der Waals surface area contributed by atoms with Gasteiger partial charge in [-0.15, -0.1) is 0 Å². The second-order valence-electron chi connectivity index (χ2n) is 5.20. The number of anilines is 1. The van der Waals surface area contributed by atoms with Crippen molar-refractivity contribution in [1.29, 1.82) is 0 Å². The summed E-state index contributed by atoms with van der Waals surface area (Å²) >= 11 is 0. The fourth-order valence-corrected chi connectivity index (χ4v) is 1.64. The summed E-state index contributed by atoms with van der Waals surface area (Å²) < 4.78 is 0. The number of nitrogens with one attached hydrogen (secondary N) is 3. The van der Waals surface area contributed by atoms with E-state index < -0.39 is 11.8 Å². The van der Waals surface area contributed by atoms with Crippen LogP contribution in [0.1, 0.15) is 32.3 Å². The number of amides is 3. The Kier molecular flexibility index (Phi) is 7.08. The van der Waals surface area contributed by atoms with Crippen molar-refractivity contribution in [3.8, 4) is 0 Å². The molecule has 1 rings (SSSR count). The maximum atomic E-state index is 11.7. The molecule has 6 nitrogen and oxygen atoms in total. The van der Waals surface area contributed by atoms with Crippen LogP contribution in [0.4, 0.5) is 5.69 Å². The van der Waals surface area contributed by atoms with Gasteiger partial charge < -0.3 is 16.0 Å². The van der Waals surface area contributed by atoms with E-state index in [-0.39, 0.29) is 24.9 Å². The summed E-state index contributed by atoms with van der Waals surface area (Å²) in [5.41, 5.74) is 1.62. The van der Waals surface area contributed by atoms with Gasteiger partial charge in [0.25, 0.3) is 0 Å². The molecule has 0 spiro atoms. The average Bonchev–Trinajstić information content (AvgIpc) is 2.49. The molecule has 6 heteroatoms. The third-order valence-electron chi connectivity index (χ3n) is 3.17. The van der Waals surface area contributed by atoms with Crippen LogP contribution in [-0.2, 0) is 14.4 Å². The molecule has 0 radical (unpaired) electrons. The Morgan fingerprint density at radius 1 is 1.09 bits per heavy atom. The van der Waals surface area contributed by atoms with Gasteiger partial charge in [0.1, 0.15) is 0 Å². The molecule has 3 N–H and O–H groups in total. The molecule has 0 saturated heterocycles. The Labute approximate surface area is 130 Å². The Hall–Kier alpha value is -2.37. The van der Waals surface area contributed by atoms with Gasteiger partial charge >= 0.3 is 11.8 Å². The molecule has 0 aliphatic carbocycles. The van der Waals surface area contributed by atoms with Crippen molar-refractivity contribution in [2.45, 2.75) is 39.7 Å². The fraction of sp³-hybridized carbons (Fsp3) is 0.438. The summed E-state index contributed by atoms with van der Waals surface area (Å²) in [5, 5.41) is 7.71. The highest BCUT2D eigenvalue weighted by Gasteiger charge is 2.14. The molecule has 0 fully saturated rings. The molecule has 0 unspecified atom stereocenters. The minimum atomic E-state index is -0.753. The number of benzene rings is 1. The van der Waals surface area contributed by atoms with Crippen LogP contribution in [-0.4, -0.2) is 30.3 Å². The summed E-state index contributed by atoms with van der Waals surface area (Å²) in [6, 6.07) is 7.23. The largest absolute Gasteiger partial charge is 0.354 e. The molecule has 3 amide bonds. The zero-order valence-corrected chi connectivity index (χ0v) is 13.2. The first kappa shape index (κ1) is 17.7. The number of aryl methyl sites for hydroxylation is 1. The maximum Gasteiger partial charge on any atom is 0.313 e. The maximum absolute atomic E-state index is 11.7. The molecule has 22 heavy (non-hydrogen) atoms. The van der Waals surface area contributed by atoms with Crippen LogP contribution in [0.3, 0.4) is 0 Å². The lowest BCUT2D eigenvalue weighted by Gasteiger charge is -2.11. The van der Waals surface area contributed by atoms with Crippen LogP contribution in [0.15, 0.2) is 24.3 Å². The third kappa shape index (κ3) is 6.39. The molecule has 120 valence electrons. The Morgan fingerprint density at radius 3 is 2.32 bits per heavy atom. The number of hydrogen-bond acceptors (Lipinski definition) is 3. The average molecular weight is 305 g/mol. The van der Waals surface area contributed by atoms with E-state index in [1.807, 2.05) is 32.9 Å². The standard InChI is InChI=1S/C16H23N3O3/c1-4-12(3)18-14(20)9-10-17-15(21)16(22)19-13-7-5-11(2)6-8-13/h5-8,12H,4,9-10H2,1-3H3,(H,17,21)(H,18,20)(H,19,22)/t12-/m0/s1. The summed E-state index contributed by atoms with van der Waals surface area (Å²) in [6.45, 7) is 5.94. The SMILES string of the molecule is CC[C@H](C)NC(=O)CCNC(=O)C(=O)Nc1ccc(C)cc1. The van der Waals surface area contributed by atoms with Crippen molar-refractivity contribution in [1.82, 2.24) is 10.6 Å². The fourth-order valence-electron chi connectivity index (χ4n) is 1.64. The van der Waals surface area contributed by atoms with Gasteiger partial charge in [0.15, 0.2) is 0 Å². The van der Waals surface area contributed by atoms with E-state index in [2.05, 4.69) is 16.0 Å². The predicted octanol–water partition coefficient (Wildman–Crippen LogP) is 1.35. The van der Waals surface area contributed by atoms with Gasteiger partial charge in [-0.1, -0.05) is 24.6 Å². The van der Waals surface area contributed by atoms with E-state index in [1.54, 1.807) is 12.1 Å². The summed E-state index contributed by atoms with van der Waals surface area (Å²) in [5.74, 6) is -1.64. The number of carbonyl (C=O) groups is 3. The van der Waals surface area contributed by atoms with Gasteiger partial charge in [0, 0.05) is 24.7 Å². The predicted molar refractivity (Wildman–Crippen MR) is 85.3 cm³/mol. The smallest absolute Gasteiger partial charge is 0.313 e. The summed E-state index contributed by atoms with van der Waals surface area (Å²) in [4.78, 5) is 34.8. The molecule has 0 saturated carbocycles.